The molecule has 0 aromatic heterocycles. The third-order valence-electron chi connectivity index (χ3n) is 3.51. The highest BCUT2D eigenvalue weighted by atomic mass is 16.4. The number of hydrogen-bond donors (Lipinski definition) is 2. The van der Waals surface area contributed by atoms with Gasteiger partial charge in [-0.05, 0) is 33.2 Å². The molecule has 0 amide bonds. The molecule has 0 aliphatic carbocycles. The molecule has 20 heavy (non-hydrogen) atoms. The molecule has 0 spiro atoms. The smallest absolute Gasteiger partial charge is 0.306 e. The van der Waals surface area contributed by atoms with Crippen molar-refractivity contribution in [3.8, 4) is 0 Å². The molecule has 100 valence electrons. The van der Waals surface area contributed by atoms with Crippen LogP contribution in [-0.4, -0.2) is 16.2 Å². The van der Waals surface area contributed by atoms with Crippen molar-refractivity contribution in [2.75, 3.05) is 0 Å². The quantitative estimate of drug-likeness (QED) is 0.713. The minimum Gasteiger partial charge on any atom is -0.481 e. The molecule has 3 heteroatoms. The van der Waals surface area contributed by atoms with Gasteiger partial charge in [-0.2, -0.15) is 0 Å². The van der Waals surface area contributed by atoms with Gasteiger partial charge in [-0.25, -0.2) is 0 Å². The number of carboxylic acids is 1. The summed E-state index contributed by atoms with van der Waals surface area (Å²) in [6.45, 7) is 0. The second-order valence-corrected chi connectivity index (χ2v) is 4.85. The van der Waals surface area contributed by atoms with Gasteiger partial charge in [0.15, 0.2) is 0 Å². The lowest BCUT2D eigenvalue weighted by atomic mass is 9.92. The normalized spacial score (nSPS) is 12.7. The second kappa shape index (κ2) is 4.94. The van der Waals surface area contributed by atoms with Crippen molar-refractivity contribution < 1.29 is 15.0 Å². The van der Waals surface area contributed by atoms with Crippen LogP contribution in [-0.2, 0) is 4.79 Å². The summed E-state index contributed by atoms with van der Waals surface area (Å²) in [6, 6.07) is 17.5. The summed E-state index contributed by atoms with van der Waals surface area (Å²) in [7, 11) is 0. The van der Waals surface area contributed by atoms with E-state index in [1.807, 2.05) is 48.5 Å². The number of benzene rings is 3. The van der Waals surface area contributed by atoms with Crippen LogP contribution in [0.1, 0.15) is 18.1 Å². The third kappa shape index (κ3) is 2.12. The lowest BCUT2D eigenvalue weighted by Crippen LogP contribution is -2.06. The maximum absolute atomic E-state index is 10.9. The topological polar surface area (TPSA) is 57.5 Å². The molecule has 0 radical (unpaired) electrons. The summed E-state index contributed by atoms with van der Waals surface area (Å²) in [6.07, 6.45) is -1.30. The van der Waals surface area contributed by atoms with Crippen molar-refractivity contribution in [2.45, 2.75) is 12.5 Å². The number of aliphatic carboxylic acids is 1. The lowest BCUT2D eigenvalue weighted by molar-refractivity contribution is -0.139. The Bertz CT molecular complexity index is 738. The number of fused-ring (bicyclic) bond motifs is 2. The first-order valence-corrected chi connectivity index (χ1v) is 6.47. The number of hydrogen-bond acceptors (Lipinski definition) is 2. The Labute approximate surface area is 116 Å². The van der Waals surface area contributed by atoms with Gasteiger partial charge >= 0.3 is 5.97 Å². The van der Waals surface area contributed by atoms with Gasteiger partial charge in [0.05, 0.1) is 12.5 Å². The molecule has 1 atom stereocenters. The van der Waals surface area contributed by atoms with Gasteiger partial charge in [0.1, 0.15) is 0 Å². The number of carbonyl (C=O) groups is 1. The highest BCUT2D eigenvalue weighted by Gasteiger charge is 2.18. The van der Waals surface area contributed by atoms with Crippen molar-refractivity contribution in [2.24, 2.45) is 0 Å². The first-order chi connectivity index (χ1) is 9.66. The molecule has 3 aromatic rings. The second-order valence-electron chi connectivity index (χ2n) is 4.85. The van der Waals surface area contributed by atoms with Gasteiger partial charge in [-0.3, -0.25) is 4.79 Å². The molecule has 3 aromatic carbocycles. The fourth-order valence-electron chi connectivity index (χ4n) is 2.68. The molecule has 0 unspecified atom stereocenters. The van der Waals surface area contributed by atoms with E-state index in [1.165, 1.54) is 0 Å². The first kappa shape index (κ1) is 12.6. The maximum Gasteiger partial charge on any atom is 0.306 e. The summed E-state index contributed by atoms with van der Waals surface area (Å²) in [5.41, 5.74) is 0.695. The minimum atomic E-state index is -1.01. The van der Waals surface area contributed by atoms with Crippen LogP contribution < -0.4 is 0 Å². The molecule has 0 heterocycles. The van der Waals surface area contributed by atoms with Gasteiger partial charge in [0.25, 0.3) is 0 Å². The third-order valence-corrected chi connectivity index (χ3v) is 3.51. The van der Waals surface area contributed by atoms with Crippen molar-refractivity contribution in [3.05, 3.63) is 60.2 Å². The summed E-state index contributed by atoms with van der Waals surface area (Å²) < 4.78 is 0. The van der Waals surface area contributed by atoms with Crippen LogP contribution in [0.25, 0.3) is 21.5 Å². The Balaban J connectivity index is 2.35. The molecule has 0 bridgehead atoms. The Kier molecular flexibility index (Phi) is 3.12. The highest BCUT2D eigenvalue weighted by molar-refractivity contribution is 6.02. The highest BCUT2D eigenvalue weighted by Crippen LogP contribution is 2.33. The zero-order valence-electron chi connectivity index (χ0n) is 10.8. The van der Waals surface area contributed by atoms with E-state index in [0.717, 1.165) is 21.5 Å². The molecule has 2 N–H and O–H groups in total. The van der Waals surface area contributed by atoms with Crippen molar-refractivity contribution in [1.29, 1.82) is 0 Å². The van der Waals surface area contributed by atoms with E-state index in [1.54, 1.807) is 0 Å². The van der Waals surface area contributed by atoms with Crippen molar-refractivity contribution in [1.82, 2.24) is 0 Å². The van der Waals surface area contributed by atoms with Crippen LogP contribution in [0.3, 0.4) is 0 Å². The SMILES string of the molecule is O=C(O)C[C@@H](O)c1c2ccccc2cc2ccccc12. The predicted octanol–water partition coefficient (Wildman–Crippen LogP) is 3.50. The van der Waals surface area contributed by atoms with Crippen LogP contribution >= 0.6 is 0 Å². The lowest BCUT2D eigenvalue weighted by Gasteiger charge is -2.15. The maximum atomic E-state index is 10.9. The zero-order chi connectivity index (χ0) is 14.1. The number of aliphatic hydroxyl groups excluding tert-OH is 1. The summed E-state index contributed by atoms with van der Waals surface area (Å²) in [5, 5.41) is 23.1. The van der Waals surface area contributed by atoms with E-state index >= 15 is 0 Å². The van der Waals surface area contributed by atoms with Crippen molar-refractivity contribution >= 4 is 27.5 Å². The van der Waals surface area contributed by atoms with E-state index in [4.69, 9.17) is 5.11 Å². The van der Waals surface area contributed by atoms with E-state index < -0.39 is 12.1 Å². The molecule has 0 saturated carbocycles. The average Bonchev–Trinajstić information content (AvgIpc) is 2.43. The summed E-state index contributed by atoms with van der Waals surface area (Å²) in [4.78, 5) is 10.9. The summed E-state index contributed by atoms with van der Waals surface area (Å²) in [5.74, 6) is -1.01. The monoisotopic (exact) mass is 266 g/mol. The van der Waals surface area contributed by atoms with Gasteiger partial charge in [0, 0.05) is 0 Å². The Morgan fingerprint density at radius 3 is 1.95 bits per heavy atom. The van der Waals surface area contributed by atoms with E-state index in [0.29, 0.717) is 5.56 Å². The van der Waals surface area contributed by atoms with Gasteiger partial charge in [0.2, 0.25) is 0 Å². The van der Waals surface area contributed by atoms with Crippen LogP contribution in [0.15, 0.2) is 54.6 Å². The summed E-state index contributed by atoms with van der Waals surface area (Å²) >= 11 is 0. The van der Waals surface area contributed by atoms with Crippen LogP contribution in [0.5, 0.6) is 0 Å². The fourth-order valence-corrected chi connectivity index (χ4v) is 2.68. The van der Waals surface area contributed by atoms with Gasteiger partial charge < -0.3 is 10.2 Å². The first-order valence-electron chi connectivity index (χ1n) is 6.47. The number of carboxylic acid groups (broad SMARTS) is 1. The van der Waals surface area contributed by atoms with Crippen LogP contribution in [0.2, 0.25) is 0 Å². The molecule has 3 rings (SSSR count). The number of aliphatic hydroxyl groups is 1. The average molecular weight is 266 g/mol. The molecular formula is C17H14O3. The largest absolute Gasteiger partial charge is 0.481 e. The Morgan fingerprint density at radius 1 is 0.950 bits per heavy atom. The van der Waals surface area contributed by atoms with Crippen LogP contribution in [0, 0.1) is 0 Å². The van der Waals surface area contributed by atoms with Gasteiger partial charge in [-0.15, -0.1) is 0 Å². The molecular weight excluding hydrogens is 252 g/mol. The molecule has 0 saturated heterocycles. The fraction of sp³-hybridized carbons (Fsp3) is 0.118. The molecule has 0 fully saturated rings. The number of rotatable bonds is 3. The predicted molar refractivity (Wildman–Crippen MR) is 78.7 cm³/mol. The minimum absolute atomic E-state index is 0.294. The zero-order valence-corrected chi connectivity index (χ0v) is 10.8. The van der Waals surface area contributed by atoms with Gasteiger partial charge in [-0.1, -0.05) is 48.5 Å². The molecule has 0 aliphatic heterocycles. The van der Waals surface area contributed by atoms with Crippen molar-refractivity contribution in [3.63, 3.8) is 0 Å². The Hall–Kier alpha value is -2.39. The van der Waals surface area contributed by atoms with E-state index in [2.05, 4.69) is 6.07 Å². The van der Waals surface area contributed by atoms with E-state index in [9.17, 15) is 9.90 Å². The molecule has 0 aliphatic rings. The van der Waals surface area contributed by atoms with Crippen LogP contribution in [0.4, 0.5) is 0 Å². The standard InChI is InChI=1S/C17H14O3/c18-15(10-16(19)20)17-13-7-3-1-5-11(13)9-12-6-2-4-8-14(12)17/h1-9,15,18H,10H2,(H,19,20)/t15-/m1/s1. The Morgan fingerprint density at radius 2 is 1.45 bits per heavy atom. The van der Waals surface area contributed by atoms with E-state index in [-0.39, 0.29) is 6.42 Å². The molecule has 3 nitrogen and oxygen atoms in total.